The second-order valence-corrected chi connectivity index (χ2v) is 6.51. The second-order valence-electron chi connectivity index (χ2n) is 6.07. The highest BCUT2D eigenvalue weighted by atomic mass is 35.5. The van der Waals surface area contributed by atoms with E-state index in [1.807, 2.05) is 30.3 Å². The Bertz CT molecular complexity index is 1090. The second kappa shape index (κ2) is 7.10. The molecule has 130 valence electrons. The van der Waals surface area contributed by atoms with Gasteiger partial charge in [-0.1, -0.05) is 41.9 Å². The number of carbonyl (C=O) groups excluding carboxylic acids is 1. The van der Waals surface area contributed by atoms with Gasteiger partial charge in [0.25, 0.3) is 0 Å². The van der Waals surface area contributed by atoms with Gasteiger partial charge in [0, 0.05) is 28.0 Å². The number of amides is 2. The van der Waals surface area contributed by atoms with Crippen LogP contribution < -0.4 is 10.6 Å². The maximum absolute atomic E-state index is 12.0. The number of carbonyl (C=O) groups is 1. The predicted molar refractivity (Wildman–Crippen MR) is 106 cm³/mol. The van der Waals surface area contributed by atoms with Crippen LogP contribution >= 0.6 is 11.6 Å². The molecule has 0 saturated carbocycles. The van der Waals surface area contributed by atoms with E-state index in [1.54, 1.807) is 24.3 Å². The van der Waals surface area contributed by atoms with E-state index in [4.69, 9.17) is 16.0 Å². The molecule has 4 nitrogen and oxygen atoms in total. The van der Waals surface area contributed by atoms with Crippen LogP contribution in [-0.4, -0.2) is 12.6 Å². The van der Waals surface area contributed by atoms with Gasteiger partial charge in [0.2, 0.25) is 0 Å². The van der Waals surface area contributed by atoms with Gasteiger partial charge in [-0.25, -0.2) is 4.79 Å². The molecule has 2 amide bonds. The third-order valence-electron chi connectivity index (χ3n) is 4.22. The molecule has 1 aromatic heterocycles. The molecule has 5 heteroatoms. The number of fused-ring (bicyclic) bond motifs is 3. The minimum Gasteiger partial charge on any atom is -0.456 e. The van der Waals surface area contributed by atoms with Crippen LogP contribution in [-0.2, 0) is 6.42 Å². The van der Waals surface area contributed by atoms with E-state index < -0.39 is 0 Å². The summed E-state index contributed by atoms with van der Waals surface area (Å²) < 4.78 is 5.84. The van der Waals surface area contributed by atoms with Gasteiger partial charge in [0.15, 0.2) is 0 Å². The summed E-state index contributed by atoms with van der Waals surface area (Å²) in [6.45, 7) is 0.535. The molecule has 3 aromatic carbocycles. The van der Waals surface area contributed by atoms with Crippen molar-refractivity contribution in [1.29, 1.82) is 0 Å². The van der Waals surface area contributed by atoms with Crippen LogP contribution in [0, 0.1) is 0 Å². The van der Waals surface area contributed by atoms with Crippen LogP contribution in [0.3, 0.4) is 0 Å². The Morgan fingerprint density at radius 3 is 2.65 bits per heavy atom. The molecule has 0 saturated heterocycles. The zero-order chi connectivity index (χ0) is 17.9. The van der Waals surface area contributed by atoms with Crippen molar-refractivity contribution in [2.75, 3.05) is 11.9 Å². The van der Waals surface area contributed by atoms with Gasteiger partial charge in [0.05, 0.1) is 0 Å². The fourth-order valence-corrected chi connectivity index (χ4v) is 3.18. The minimum atomic E-state index is -0.248. The number of hydrogen-bond acceptors (Lipinski definition) is 2. The average Bonchev–Trinajstić information content (AvgIpc) is 3.00. The molecular formula is C21H17ClN2O2. The molecule has 0 unspecified atom stereocenters. The fraction of sp³-hybridized carbons (Fsp3) is 0.0952. The standard InChI is InChI=1S/C21H17ClN2O2/c22-15-4-3-5-16(13-15)24-21(25)23-11-10-14-8-9-20-18(12-14)17-6-1-2-7-19(17)26-20/h1-9,12-13H,10-11H2,(H2,23,24,25). The van der Waals surface area contributed by atoms with E-state index in [1.165, 1.54) is 0 Å². The Morgan fingerprint density at radius 2 is 1.77 bits per heavy atom. The molecule has 0 atom stereocenters. The van der Waals surface area contributed by atoms with Crippen molar-refractivity contribution in [3.63, 3.8) is 0 Å². The predicted octanol–water partition coefficient (Wildman–Crippen LogP) is 5.60. The lowest BCUT2D eigenvalue weighted by Gasteiger charge is -2.08. The maximum atomic E-state index is 12.0. The number of benzene rings is 3. The van der Waals surface area contributed by atoms with Crippen LogP contribution in [0.5, 0.6) is 0 Å². The smallest absolute Gasteiger partial charge is 0.319 e. The molecule has 0 fully saturated rings. The molecule has 0 spiro atoms. The number of urea groups is 1. The van der Waals surface area contributed by atoms with Crippen molar-refractivity contribution in [3.05, 3.63) is 77.3 Å². The Kier molecular flexibility index (Phi) is 4.50. The zero-order valence-electron chi connectivity index (χ0n) is 14.0. The molecule has 26 heavy (non-hydrogen) atoms. The molecule has 2 N–H and O–H groups in total. The Labute approximate surface area is 155 Å². The van der Waals surface area contributed by atoms with Crippen molar-refractivity contribution in [3.8, 4) is 0 Å². The zero-order valence-corrected chi connectivity index (χ0v) is 14.7. The van der Waals surface area contributed by atoms with E-state index in [9.17, 15) is 4.79 Å². The van der Waals surface area contributed by atoms with Gasteiger partial charge in [-0.05, 0) is 48.4 Å². The summed E-state index contributed by atoms with van der Waals surface area (Å²) in [5.74, 6) is 0. The highest BCUT2D eigenvalue weighted by Crippen LogP contribution is 2.29. The van der Waals surface area contributed by atoms with Crippen molar-refractivity contribution >= 4 is 45.3 Å². The van der Waals surface area contributed by atoms with Gasteiger partial charge in [-0.2, -0.15) is 0 Å². The van der Waals surface area contributed by atoms with Crippen molar-refractivity contribution in [2.45, 2.75) is 6.42 Å². The summed E-state index contributed by atoms with van der Waals surface area (Å²) in [5.41, 5.74) is 3.58. The minimum absolute atomic E-state index is 0.248. The Hall–Kier alpha value is -2.98. The van der Waals surface area contributed by atoms with E-state index in [-0.39, 0.29) is 6.03 Å². The summed E-state index contributed by atoms with van der Waals surface area (Å²) in [5, 5.41) is 8.42. The van der Waals surface area contributed by atoms with Crippen LogP contribution in [0.4, 0.5) is 10.5 Å². The SMILES string of the molecule is O=C(NCCc1ccc2oc3ccccc3c2c1)Nc1cccc(Cl)c1. The number of anilines is 1. The summed E-state index contributed by atoms with van der Waals surface area (Å²) in [6.07, 6.45) is 0.735. The summed E-state index contributed by atoms with van der Waals surface area (Å²) in [4.78, 5) is 12.0. The van der Waals surface area contributed by atoms with Gasteiger partial charge >= 0.3 is 6.03 Å². The number of rotatable bonds is 4. The number of nitrogens with one attached hydrogen (secondary N) is 2. The number of para-hydroxylation sites is 1. The van der Waals surface area contributed by atoms with E-state index in [0.29, 0.717) is 17.3 Å². The lowest BCUT2D eigenvalue weighted by atomic mass is 10.1. The van der Waals surface area contributed by atoms with E-state index >= 15 is 0 Å². The molecule has 0 aliphatic heterocycles. The average molecular weight is 365 g/mol. The Balaban J connectivity index is 1.40. The first-order chi connectivity index (χ1) is 12.7. The number of hydrogen-bond donors (Lipinski definition) is 2. The first-order valence-electron chi connectivity index (χ1n) is 8.40. The molecule has 4 aromatic rings. The summed E-state index contributed by atoms with van der Waals surface area (Å²) in [7, 11) is 0. The highest BCUT2D eigenvalue weighted by molar-refractivity contribution is 6.30. The molecule has 0 aliphatic carbocycles. The Morgan fingerprint density at radius 1 is 0.923 bits per heavy atom. The first-order valence-corrected chi connectivity index (χ1v) is 8.77. The highest BCUT2D eigenvalue weighted by Gasteiger charge is 2.07. The molecule has 0 radical (unpaired) electrons. The van der Waals surface area contributed by atoms with Crippen LogP contribution in [0.2, 0.25) is 5.02 Å². The van der Waals surface area contributed by atoms with Crippen LogP contribution in [0.1, 0.15) is 5.56 Å². The normalized spacial score (nSPS) is 11.0. The van der Waals surface area contributed by atoms with Crippen molar-refractivity contribution in [2.24, 2.45) is 0 Å². The third kappa shape index (κ3) is 3.51. The molecule has 1 heterocycles. The molecular weight excluding hydrogens is 348 g/mol. The first kappa shape index (κ1) is 16.5. The summed E-state index contributed by atoms with van der Waals surface area (Å²) >= 11 is 5.91. The lowest BCUT2D eigenvalue weighted by Crippen LogP contribution is -2.30. The summed E-state index contributed by atoms with van der Waals surface area (Å²) in [6, 6.07) is 20.9. The third-order valence-corrected chi connectivity index (χ3v) is 4.46. The fourth-order valence-electron chi connectivity index (χ4n) is 2.99. The van der Waals surface area contributed by atoms with Crippen molar-refractivity contribution < 1.29 is 9.21 Å². The van der Waals surface area contributed by atoms with E-state index in [0.717, 1.165) is 33.9 Å². The molecule has 4 rings (SSSR count). The quantitative estimate of drug-likeness (QED) is 0.495. The monoisotopic (exact) mass is 364 g/mol. The van der Waals surface area contributed by atoms with Crippen LogP contribution in [0.15, 0.2) is 71.1 Å². The van der Waals surface area contributed by atoms with E-state index in [2.05, 4.69) is 22.8 Å². The molecule has 0 aliphatic rings. The topological polar surface area (TPSA) is 54.3 Å². The number of halogens is 1. The number of furan rings is 1. The largest absolute Gasteiger partial charge is 0.456 e. The van der Waals surface area contributed by atoms with Crippen molar-refractivity contribution in [1.82, 2.24) is 5.32 Å². The van der Waals surface area contributed by atoms with Gasteiger partial charge < -0.3 is 15.1 Å². The lowest BCUT2D eigenvalue weighted by molar-refractivity contribution is 0.252. The maximum Gasteiger partial charge on any atom is 0.319 e. The van der Waals surface area contributed by atoms with Gasteiger partial charge in [-0.15, -0.1) is 0 Å². The van der Waals surface area contributed by atoms with Gasteiger partial charge in [0.1, 0.15) is 11.2 Å². The van der Waals surface area contributed by atoms with Crippen LogP contribution in [0.25, 0.3) is 21.9 Å². The molecule has 0 bridgehead atoms. The van der Waals surface area contributed by atoms with Gasteiger partial charge in [-0.3, -0.25) is 0 Å².